The monoisotopic (exact) mass is 319 g/mol. The van der Waals surface area contributed by atoms with E-state index in [1.165, 1.54) is 4.52 Å². The zero-order valence-electron chi connectivity index (χ0n) is 11.9. The molecule has 0 fully saturated rings. The van der Waals surface area contributed by atoms with E-state index in [4.69, 9.17) is 4.74 Å². The first-order chi connectivity index (χ1) is 10.9. The van der Waals surface area contributed by atoms with Crippen LogP contribution in [0.15, 0.2) is 12.1 Å². The quantitative estimate of drug-likeness (QED) is 0.556. The molecule has 3 aromatic rings. The lowest BCUT2D eigenvalue weighted by atomic mass is 10.1. The number of rotatable bonds is 4. The molecule has 1 N–H and O–H groups in total. The number of nitrogens with zero attached hydrogens (tertiary/aromatic N) is 6. The van der Waals surface area contributed by atoms with E-state index < -0.39 is 27.0 Å². The molecule has 0 unspecified atom stereocenters. The highest BCUT2D eigenvalue weighted by Gasteiger charge is 2.29. The van der Waals surface area contributed by atoms with Crippen molar-refractivity contribution < 1.29 is 14.6 Å². The molecule has 12 heteroatoms. The molecule has 0 amide bonds. The second kappa shape index (κ2) is 5.01. The molecule has 2 heterocycles. The van der Waals surface area contributed by atoms with Gasteiger partial charge in [-0.1, -0.05) is 0 Å². The first-order valence-electron chi connectivity index (χ1n) is 6.21. The highest BCUT2D eigenvalue weighted by molar-refractivity contribution is 5.72. The Bertz CT molecular complexity index is 909. The van der Waals surface area contributed by atoms with Gasteiger partial charge in [-0.3, -0.25) is 25.3 Å². The summed E-state index contributed by atoms with van der Waals surface area (Å²) < 4.78 is 6.27. The molecule has 0 spiro atoms. The van der Waals surface area contributed by atoms with E-state index in [0.717, 1.165) is 19.2 Å². The number of nitro groups is 2. The van der Waals surface area contributed by atoms with Gasteiger partial charge in [0.1, 0.15) is 0 Å². The molecule has 0 radical (unpaired) electrons. The summed E-state index contributed by atoms with van der Waals surface area (Å²) in [5.41, 5.74) is -0.893. The van der Waals surface area contributed by atoms with Crippen LogP contribution in [0.2, 0.25) is 0 Å². The molecule has 0 aliphatic carbocycles. The molecule has 1 aromatic carbocycles. The summed E-state index contributed by atoms with van der Waals surface area (Å²) >= 11 is 0. The van der Waals surface area contributed by atoms with E-state index in [1.807, 2.05) is 0 Å². The highest BCUT2D eigenvalue weighted by Crippen LogP contribution is 2.40. The third kappa shape index (κ3) is 2.21. The zero-order chi connectivity index (χ0) is 16.7. The topological polar surface area (TPSA) is 154 Å². The van der Waals surface area contributed by atoms with Gasteiger partial charge in [0.05, 0.1) is 17.0 Å². The van der Waals surface area contributed by atoms with Crippen molar-refractivity contribution in [3.63, 3.8) is 0 Å². The van der Waals surface area contributed by atoms with Gasteiger partial charge in [-0.15, -0.1) is 10.2 Å². The van der Waals surface area contributed by atoms with Crippen molar-refractivity contribution in [2.75, 3.05) is 7.11 Å². The summed E-state index contributed by atoms with van der Waals surface area (Å²) in [5, 5.41) is 32.7. The summed E-state index contributed by atoms with van der Waals surface area (Å²) in [6.07, 6.45) is 0. The molecular formula is C11H9N7O5. The largest absolute Gasteiger partial charge is 0.485 e. The first-order valence-corrected chi connectivity index (χ1v) is 6.21. The summed E-state index contributed by atoms with van der Waals surface area (Å²) in [6, 6.07) is 2.29. The van der Waals surface area contributed by atoms with Gasteiger partial charge in [0.25, 0.3) is 11.5 Å². The molecule has 0 aliphatic heterocycles. The Kier molecular flexibility index (Phi) is 3.13. The van der Waals surface area contributed by atoms with Crippen LogP contribution in [0.3, 0.4) is 0 Å². The second-order valence-corrected chi connectivity index (χ2v) is 4.52. The number of ether oxygens (including phenoxy) is 1. The molecule has 0 bridgehead atoms. The van der Waals surface area contributed by atoms with Gasteiger partial charge in [-0.2, -0.15) is 4.98 Å². The maximum absolute atomic E-state index is 11.2. The number of methoxy groups -OCH3 is 1. The minimum atomic E-state index is -0.754. The minimum absolute atomic E-state index is 0.161. The van der Waals surface area contributed by atoms with Gasteiger partial charge in [0.15, 0.2) is 11.6 Å². The SMILES string of the molecule is COc1c([N+](=O)[O-])cc(-c2nc3nnc(C)n3[nH]2)cc1[N+](=O)[O-]. The maximum Gasteiger partial charge on any atom is 0.319 e. The molecule has 0 aliphatic rings. The Hall–Kier alpha value is -3.57. The van der Waals surface area contributed by atoms with Crippen molar-refractivity contribution in [2.24, 2.45) is 0 Å². The summed E-state index contributed by atoms with van der Waals surface area (Å²) in [7, 11) is 1.13. The van der Waals surface area contributed by atoms with E-state index in [1.54, 1.807) is 6.92 Å². The molecular weight excluding hydrogens is 310 g/mol. The van der Waals surface area contributed by atoms with E-state index in [2.05, 4.69) is 20.3 Å². The van der Waals surface area contributed by atoms with Crippen LogP contribution in [0, 0.1) is 27.2 Å². The molecule has 12 nitrogen and oxygen atoms in total. The van der Waals surface area contributed by atoms with Crippen molar-refractivity contribution in [1.82, 2.24) is 24.8 Å². The predicted octanol–water partition coefficient (Wildman–Crippen LogP) is 1.25. The number of benzene rings is 1. The fourth-order valence-corrected chi connectivity index (χ4v) is 2.13. The first kappa shape index (κ1) is 14.4. The third-order valence-corrected chi connectivity index (χ3v) is 3.16. The number of H-pyrrole nitrogens is 1. The predicted molar refractivity (Wildman–Crippen MR) is 75.2 cm³/mol. The van der Waals surface area contributed by atoms with Gasteiger partial charge in [0, 0.05) is 17.7 Å². The van der Waals surface area contributed by atoms with Crippen LogP contribution in [0.4, 0.5) is 11.4 Å². The van der Waals surface area contributed by atoms with Crippen LogP contribution in [0.1, 0.15) is 5.82 Å². The maximum atomic E-state index is 11.2. The van der Waals surface area contributed by atoms with Gasteiger partial charge < -0.3 is 4.74 Å². The van der Waals surface area contributed by atoms with Crippen molar-refractivity contribution >= 4 is 17.2 Å². The Labute approximate surface area is 127 Å². The Morgan fingerprint density at radius 2 is 1.78 bits per heavy atom. The zero-order valence-corrected chi connectivity index (χ0v) is 11.9. The van der Waals surface area contributed by atoms with Gasteiger partial charge in [0.2, 0.25) is 0 Å². The van der Waals surface area contributed by atoms with E-state index in [0.29, 0.717) is 5.82 Å². The summed E-state index contributed by atoms with van der Waals surface area (Å²) in [4.78, 5) is 24.9. The van der Waals surface area contributed by atoms with E-state index >= 15 is 0 Å². The summed E-state index contributed by atoms with van der Waals surface area (Å²) in [6.45, 7) is 1.68. The number of aryl methyl sites for hydroxylation is 1. The average molecular weight is 319 g/mol. The molecule has 0 saturated carbocycles. The Morgan fingerprint density at radius 3 is 2.26 bits per heavy atom. The number of aromatic amines is 1. The number of nitro benzene ring substituents is 2. The minimum Gasteiger partial charge on any atom is -0.485 e. The van der Waals surface area contributed by atoms with Crippen molar-refractivity contribution in [1.29, 1.82) is 0 Å². The van der Waals surface area contributed by atoms with Crippen LogP contribution in [-0.4, -0.2) is 41.8 Å². The standard InChI is InChI=1S/C11H9N7O5/c1-5-13-14-11-12-10(15-16(5)11)6-3-7(17(19)20)9(23-2)8(4-6)18(21)22/h3-4H,1-2H3,(H,12,14,15). The highest BCUT2D eigenvalue weighted by atomic mass is 16.6. The lowest BCUT2D eigenvalue weighted by Gasteiger charge is -2.04. The number of nitrogens with one attached hydrogen (secondary N) is 1. The van der Waals surface area contributed by atoms with Crippen LogP contribution < -0.4 is 4.74 Å². The van der Waals surface area contributed by atoms with Crippen molar-refractivity contribution in [3.05, 3.63) is 38.2 Å². The van der Waals surface area contributed by atoms with E-state index in [9.17, 15) is 20.2 Å². The number of hydrogen-bond donors (Lipinski definition) is 1. The molecule has 0 saturated heterocycles. The Balaban J connectivity index is 2.26. The molecule has 23 heavy (non-hydrogen) atoms. The fourth-order valence-electron chi connectivity index (χ4n) is 2.13. The van der Waals surface area contributed by atoms with Gasteiger partial charge >= 0.3 is 11.4 Å². The van der Waals surface area contributed by atoms with Crippen molar-refractivity contribution in [3.8, 4) is 17.1 Å². The molecule has 3 rings (SSSR count). The van der Waals surface area contributed by atoms with Crippen LogP contribution in [0.5, 0.6) is 5.75 Å². The van der Waals surface area contributed by atoms with Crippen molar-refractivity contribution in [2.45, 2.75) is 6.92 Å². The van der Waals surface area contributed by atoms with Crippen LogP contribution >= 0.6 is 0 Å². The third-order valence-electron chi connectivity index (χ3n) is 3.16. The Morgan fingerprint density at radius 1 is 1.17 bits per heavy atom. The average Bonchev–Trinajstić information content (AvgIpc) is 3.08. The number of hydrogen-bond acceptors (Lipinski definition) is 8. The van der Waals surface area contributed by atoms with Crippen LogP contribution in [0.25, 0.3) is 17.2 Å². The normalized spacial score (nSPS) is 10.9. The smallest absolute Gasteiger partial charge is 0.319 e. The van der Waals surface area contributed by atoms with Crippen LogP contribution in [-0.2, 0) is 0 Å². The van der Waals surface area contributed by atoms with Gasteiger partial charge in [-0.25, -0.2) is 4.52 Å². The fraction of sp³-hybridized carbons (Fsp3) is 0.182. The molecule has 0 atom stereocenters. The van der Waals surface area contributed by atoms with E-state index in [-0.39, 0.29) is 17.2 Å². The number of aromatic nitrogens is 5. The number of fused-ring (bicyclic) bond motifs is 1. The molecule has 2 aromatic heterocycles. The lowest BCUT2D eigenvalue weighted by molar-refractivity contribution is -0.395. The van der Waals surface area contributed by atoms with Gasteiger partial charge in [-0.05, 0) is 6.92 Å². The second-order valence-electron chi connectivity index (χ2n) is 4.52. The lowest BCUT2D eigenvalue weighted by Crippen LogP contribution is -2.00. The molecule has 118 valence electrons. The summed E-state index contributed by atoms with van der Waals surface area (Å²) in [5.74, 6) is 0.541.